The van der Waals surface area contributed by atoms with E-state index in [1.807, 2.05) is 18.2 Å². The Balaban J connectivity index is 2.02. The number of rotatable bonds is 9. The molecule has 0 atom stereocenters. The number of nitrogens with one attached hydrogen (secondary N) is 1. The van der Waals surface area contributed by atoms with E-state index in [1.165, 1.54) is 0 Å². The molecule has 0 radical (unpaired) electrons. The Hall–Kier alpha value is -2.96. The molecule has 0 spiro atoms. The molecule has 0 saturated carbocycles. The van der Waals surface area contributed by atoms with E-state index in [4.69, 9.17) is 19.9 Å². The first-order chi connectivity index (χ1) is 12.7. The molecular formula is C19H26N4O3. The molecule has 2 aromatic rings. The molecule has 0 amide bonds. The van der Waals surface area contributed by atoms with Crippen LogP contribution in [0.4, 0.5) is 5.69 Å². The van der Waals surface area contributed by atoms with Gasteiger partial charge in [0.25, 0.3) is 0 Å². The SMILES string of the molecule is CCCCOc1ncccc1CN=C(N)Nc1ccc(OC)c(OC)c1. The zero-order valence-corrected chi connectivity index (χ0v) is 15.5. The first-order valence-corrected chi connectivity index (χ1v) is 8.53. The zero-order chi connectivity index (χ0) is 18.8. The fraction of sp³-hybridized carbons (Fsp3) is 0.368. The van der Waals surface area contributed by atoms with Gasteiger partial charge in [-0.25, -0.2) is 9.98 Å². The van der Waals surface area contributed by atoms with E-state index in [9.17, 15) is 0 Å². The second-order valence-electron chi connectivity index (χ2n) is 5.57. The molecule has 7 nitrogen and oxygen atoms in total. The van der Waals surface area contributed by atoms with E-state index in [-0.39, 0.29) is 0 Å². The summed E-state index contributed by atoms with van der Waals surface area (Å²) in [4.78, 5) is 8.64. The molecule has 0 aliphatic rings. The van der Waals surface area contributed by atoms with Crippen LogP contribution in [0, 0.1) is 0 Å². The van der Waals surface area contributed by atoms with E-state index in [1.54, 1.807) is 32.5 Å². The summed E-state index contributed by atoms with van der Waals surface area (Å²) in [5.41, 5.74) is 7.64. The lowest BCUT2D eigenvalue weighted by molar-refractivity contribution is 0.294. The molecule has 2 rings (SSSR count). The molecule has 3 N–H and O–H groups in total. The molecule has 0 unspecified atom stereocenters. The Morgan fingerprint density at radius 1 is 1.19 bits per heavy atom. The van der Waals surface area contributed by atoms with Crippen molar-refractivity contribution in [1.82, 2.24) is 4.98 Å². The van der Waals surface area contributed by atoms with Gasteiger partial charge in [0, 0.05) is 23.5 Å². The second kappa shape index (κ2) is 10.1. The number of hydrogen-bond acceptors (Lipinski definition) is 5. The predicted octanol–water partition coefficient (Wildman–Crippen LogP) is 3.20. The average molecular weight is 358 g/mol. The number of aromatic nitrogens is 1. The summed E-state index contributed by atoms with van der Waals surface area (Å²) in [6, 6.07) is 9.23. The van der Waals surface area contributed by atoms with Crippen LogP contribution in [0.5, 0.6) is 17.4 Å². The molecule has 1 aromatic carbocycles. The van der Waals surface area contributed by atoms with E-state index in [0.29, 0.717) is 36.5 Å². The van der Waals surface area contributed by atoms with Crippen LogP contribution in [0.25, 0.3) is 0 Å². The molecule has 0 fully saturated rings. The van der Waals surface area contributed by atoms with Crippen molar-refractivity contribution in [1.29, 1.82) is 0 Å². The van der Waals surface area contributed by atoms with Crippen molar-refractivity contribution in [2.75, 3.05) is 26.1 Å². The lowest BCUT2D eigenvalue weighted by Gasteiger charge is -2.11. The van der Waals surface area contributed by atoms with Crippen LogP contribution in [-0.2, 0) is 6.54 Å². The minimum absolute atomic E-state index is 0.292. The molecule has 0 aliphatic carbocycles. The first-order valence-electron chi connectivity index (χ1n) is 8.53. The van der Waals surface area contributed by atoms with E-state index >= 15 is 0 Å². The Kier molecular flexibility index (Phi) is 7.54. The summed E-state index contributed by atoms with van der Waals surface area (Å²) < 4.78 is 16.2. The van der Waals surface area contributed by atoms with Crippen LogP contribution in [-0.4, -0.2) is 31.8 Å². The van der Waals surface area contributed by atoms with Crippen molar-refractivity contribution in [2.24, 2.45) is 10.7 Å². The van der Waals surface area contributed by atoms with Crippen molar-refractivity contribution in [3.05, 3.63) is 42.1 Å². The summed E-state index contributed by atoms with van der Waals surface area (Å²) in [7, 11) is 3.18. The van der Waals surface area contributed by atoms with Gasteiger partial charge in [-0.3, -0.25) is 0 Å². The summed E-state index contributed by atoms with van der Waals surface area (Å²) in [5, 5.41) is 3.04. The number of guanidine groups is 1. The quantitative estimate of drug-likeness (QED) is 0.406. The van der Waals surface area contributed by atoms with Gasteiger partial charge in [0.2, 0.25) is 5.88 Å². The smallest absolute Gasteiger partial charge is 0.218 e. The Bertz CT molecular complexity index is 734. The van der Waals surface area contributed by atoms with Crippen LogP contribution in [0.3, 0.4) is 0 Å². The molecule has 1 aromatic heterocycles. The largest absolute Gasteiger partial charge is 0.493 e. The number of nitrogens with two attached hydrogens (primary N) is 1. The van der Waals surface area contributed by atoms with Gasteiger partial charge < -0.3 is 25.3 Å². The Labute approximate surface area is 154 Å². The summed E-state index contributed by atoms with van der Waals surface area (Å²) in [5.74, 6) is 2.16. The summed E-state index contributed by atoms with van der Waals surface area (Å²) >= 11 is 0. The van der Waals surface area contributed by atoms with Crippen molar-refractivity contribution in [3.8, 4) is 17.4 Å². The highest BCUT2D eigenvalue weighted by molar-refractivity contribution is 5.92. The highest BCUT2D eigenvalue weighted by atomic mass is 16.5. The molecule has 0 aliphatic heterocycles. The number of ether oxygens (including phenoxy) is 3. The number of hydrogen-bond donors (Lipinski definition) is 2. The van der Waals surface area contributed by atoms with Crippen molar-refractivity contribution in [2.45, 2.75) is 26.3 Å². The number of nitrogens with zero attached hydrogens (tertiary/aromatic N) is 2. The number of unbranched alkanes of at least 4 members (excludes halogenated alkanes) is 1. The van der Waals surface area contributed by atoms with Crippen LogP contribution >= 0.6 is 0 Å². The first kappa shape index (κ1) is 19.4. The van der Waals surface area contributed by atoms with Gasteiger partial charge in [-0.1, -0.05) is 19.4 Å². The average Bonchev–Trinajstić information content (AvgIpc) is 2.67. The number of benzene rings is 1. The maximum atomic E-state index is 5.99. The van der Waals surface area contributed by atoms with E-state index < -0.39 is 0 Å². The number of methoxy groups -OCH3 is 2. The Morgan fingerprint density at radius 2 is 2.00 bits per heavy atom. The Morgan fingerprint density at radius 3 is 2.73 bits per heavy atom. The minimum Gasteiger partial charge on any atom is -0.493 e. The number of aliphatic imine (C=N–C) groups is 1. The molecule has 1 heterocycles. The molecule has 0 bridgehead atoms. The van der Waals surface area contributed by atoms with Gasteiger partial charge in [0.05, 0.1) is 27.4 Å². The maximum absolute atomic E-state index is 5.99. The van der Waals surface area contributed by atoms with E-state index in [0.717, 1.165) is 24.1 Å². The van der Waals surface area contributed by atoms with Crippen molar-refractivity contribution < 1.29 is 14.2 Å². The van der Waals surface area contributed by atoms with Gasteiger partial charge in [-0.15, -0.1) is 0 Å². The third-order valence-corrected chi connectivity index (χ3v) is 3.66. The molecule has 26 heavy (non-hydrogen) atoms. The molecule has 7 heteroatoms. The molecular weight excluding hydrogens is 332 g/mol. The fourth-order valence-corrected chi connectivity index (χ4v) is 2.26. The van der Waals surface area contributed by atoms with Gasteiger partial charge in [0.15, 0.2) is 17.5 Å². The van der Waals surface area contributed by atoms with Crippen molar-refractivity contribution in [3.63, 3.8) is 0 Å². The monoisotopic (exact) mass is 358 g/mol. The van der Waals surface area contributed by atoms with Crippen LogP contribution in [0.15, 0.2) is 41.5 Å². The second-order valence-corrected chi connectivity index (χ2v) is 5.57. The fourth-order valence-electron chi connectivity index (χ4n) is 2.26. The highest BCUT2D eigenvalue weighted by Gasteiger charge is 2.06. The topological polar surface area (TPSA) is 91.0 Å². The van der Waals surface area contributed by atoms with Gasteiger partial charge in [-0.05, 0) is 24.6 Å². The highest BCUT2D eigenvalue weighted by Crippen LogP contribution is 2.29. The minimum atomic E-state index is 0.292. The molecule has 140 valence electrons. The third-order valence-electron chi connectivity index (χ3n) is 3.66. The lowest BCUT2D eigenvalue weighted by Crippen LogP contribution is -2.22. The standard InChI is InChI=1S/C19H26N4O3/c1-4-5-11-26-18-14(7-6-10-21-18)13-22-19(20)23-15-8-9-16(24-2)17(12-15)25-3/h6-10,12H,4-5,11,13H2,1-3H3,(H3,20,22,23). The van der Waals surface area contributed by atoms with Crippen LogP contribution in [0.1, 0.15) is 25.3 Å². The van der Waals surface area contributed by atoms with Gasteiger partial charge in [-0.2, -0.15) is 0 Å². The molecule has 0 saturated heterocycles. The third kappa shape index (κ3) is 5.54. The van der Waals surface area contributed by atoms with Crippen LogP contribution in [0.2, 0.25) is 0 Å². The maximum Gasteiger partial charge on any atom is 0.218 e. The van der Waals surface area contributed by atoms with Crippen molar-refractivity contribution >= 4 is 11.6 Å². The summed E-state index contributed by atoms with van der Waals surface area (Å²) in [6.45, 7) is 3.14. The van der Waals surface area contributed by atoms with Gasteiger partial charge >= 0.3 is 0 Å². The van der Waals surface area contributed by atoms with Gasteiger partial charge in [0.1, 0.15) is 0 Å². The lowest BCUT2D eigenvalue weighted by atomic mass is 10.2. The zero-order valence-electron chi connectivity index (χ0n) is 15.5. The number of pyridine rings is 1. The normalized spacial score (nSPS) is 11.1. The summed E-state index contributed by atoms with van der Waals surface area (Å²) in [6.07, 6.45) is 3.77. The number of anilines is 1. The van der Waals surface area contributed by atoms with Crippen LogP contribution < -0.4 is 25.3 Å². The predicted molar refractivity (Wildman–Crippen MR) is 103 cm³/mol. The van der Waals surface area contributed by atoms with E-state index in [2.05, 4.69) is 22.2 Å².